The standard InChI is InChI=1S/C26H31ClN2O7S/c1-5-35-24(30)22-20(28-29-37(33,34)19-13-7-16(3)8-14-19)15-26(4,32)23(25(31)36-6-2)21(22)17-9-11-18(27)12-10-17/h7-14,21-23,29,32H,5-6,15H2,1-4H3. The van der Waals surface area contributed by atoms with E-state index in [1.165, 1.54) is 19.1 Å². The van der Waals surface area contributed by atoms with Crippen molar-refractivity contribution in [3.8, 4) is 0 Å². The molecule has 0 saturated heterocycles. The summed E-state index contributed by atoms with van der Waals surface area (Å²) in [6, 6.07) is 12.6. The molecular weight excluding hydrogens is 520 g/mol. The van der Waals surface area contributed by atoms with Crippen molar-refractivity contribution < 1.29 is 32.6 Å². The molecule has 2 N–H and O–H groups in total. The summed E-state index contributed by atoms with van der Waals surface area (Å²) in [7, 11) is -4.08. The van der Waals surface area contributed by atoms with Gasteiger partial charge in [0.2, 0.25) is 0 Å². The van der Waals surface area contributed by atoms with Crippen molar-refractivity contribution in [1.82, 2.24) is 4.83 Å². The molecule has 37 heavy (non-hydrogen) atoms. The number of carbonyl (C=O) groups excluding carboxylic acids is 2. The van der Waals surface area contributed by atoms with E-state index in [1.807, 2.05) is 6.92 Å². The Kier molecular flexibility index (Phi) is 8.99. The van der Waals surface area contributed by atoms with Crippen molar-refractivity contribution >= 4 is 39.3 Å². The van der Waals surface area contributed by atoms with Crippen LogP contribution < -0.4 is 4.83 Å². The van der Waals surface area contributed by atoms with Crippen molar-refractivity contribution in [3.05, 3.63) is 64.7 Å². The van der Waals surface area contributed by atoms with E-state index in [1.54, 1.807) is 50.2 Å². The number of halogens is 1. The first-order chi connectivity index (χ1) is 17.4. The molecule has 4 unspecified atom stereocenters. The van der Waals surface area contributed by atoms with Crippen molar-refractivity contribution in [3.63, 3.8) is 0 Å². The second-order valence-corrected chi connectivity index (χ2v) is 11.2. The van der Waals surface area contributed by atoms with Gasteiger partial charge in [0.15, 0.2) is 0 Å². The number of rotatable bonds is 8. The van der Waals surface area contributed by atoms with E-state index < -0.39 is 45.3 Å². The Labute approximate surface area is 221 Å². The molecule has 0 aliphatic heterocycles. The molecule has 4 atom stereocenters. The molecule has 3 rings (SSSR count). The molecule has 1 fully saturated rings. The molecule has 200 valence electrons. The quantitative estimate of drug-likeness (QED) is 0.379. The summed E-state index contributed by atoms with van der Waals surface area (Å²) in [5.41, 5.74) is -0.311. The highest BCUT2D eigenvalue weighted by Gasteiger charge is 2.56. The largest absolute Gasteiger partial charge is 0.466 e. The zero-order valence-electron chi connectivity index (χ0n) is 21.1. The van der Waals surface area contributed by atoms with Crippen LogP contribution in [0.3, 0.4) is 0 Å². The average molecular weight is 551 g/mol. The molecule has 1 aliphatic rings. The number of nitrogens with zero attached hydrogens (tertiary/aromatic N) is 1. The summed E-state index contributed by atoms with van der Waals surface area (Å²) >= 11 is 6.07. The maximum Gasteiger partial charge on any atom is 0.315 e. The third-order valence-corrected chi connectivity index (χ3v) is 7.74. The summed E-state index contributed by atoms with van der Waals surface area (Å²) in [5, 5.41) is 16.0. The highest BCUT2D eigenvalue weighted by molar-refractivity contribution is 7.89. The summed E-state index contributed by atoms with van der Waals surface area (Å²) in [6.45, 7) is 6.65. The smallest absolute Gasteiger partial charge is 0.315 e. The number of ether oxygens (including phenoxy) is 2. The van der Waals surface area contributed by atoms with Gasteiger partial charge in [0.05, 0.1) is 35.3 Å². The molecule has 0 bridgehead atoms. The first-order valence-electron chi connectivity index (χ1n) is 11.9. The zero-order chi connectivity index (χ0) is 27.4. The molecule has 0 spiro atoms. The average Bonchev–Trinajstić information content (AvgIpc) is 2.83. The fourth-order valence-corrected chi connectivity index (χ4v) is 5.55. The number of hydrogen-bond donors (Lipinski definition) is 2. The van der Waals surface area contributed by atoms with Gasteiger partial charge in [-0.2, -0.15) is 13.5 Å². The lowest BCUT2D eigenvalue weighted by molar-refractivity contribution is -0.163. The van der Waals surface area contributed by atoms with E-state index in [0.29, 0.717) is 10.6 Å². The number of benzene rings is 2. The third-order valence-electron chi connectivity index (χ3n) is 6.26. The van der Waals surface area contributed by atoms with Gasteiger partial charge in [-0.25, -0.2) is 4.83 Å². The third kappa shape index (κ3) is 6.49. The Balaban J connectivity index is 2.15. The number of hydrogen-bond acceptors (Lipinski definition) is 8. The number of sulfonamides is 1. The van der Waals surface area contributed by atoms with Crippen LogP contribution >= 0.6 is 11.6 Å². The SMILES string of the molecule is CCOC(=O)C1C(=NNS(=O)(=O)c2ccc(C)cc2)CC(C)(O)C(C(=O)OCC)C1c1ccc(Cl)cc1. The molecule has 2 aromatic rings. The number of carbonyl (C=O) groups is 2. The molecule has 0 amide bonds. The number of esters is 2. The molecule has 0 aromatic heterocycles. The van der Waals surface area contributed by atoms with Crippen LogP contribution in [0.2, 0.25) is 5.02 Å². The summed E-state index contributed by atoms with van der Waals surface area (Å²) in [4.78, 5) is 28.6. The topological polar surface area (TPSA) is 131 Å². The van der Waals surface area contributed by atoms with E-state index in [9.17, 15) is 23.1 Å². The van der Waals surface area contributed by atoms with Gasteiger partial charge in [-0.1, -0.05) is 41.4 Å². The predicted octanol–water partition coefficient (Wildman–Crippen LogP) is 3.58. The minimum absolute atomic E-state index is 0.0173. The van der Waals surface area contributed by atoms with Gasteiger partial charge < -0.3 is 14.6 Å². The van der Waals surface area contributed by atoms with Crippen LogP contribution in [-0.2, 0) is 29.1 Å². The second-order valence-electron chi connectivity index (χ2n) is 9.08. The number of aliphatic hydroxyl groups is 1. The van der Waals surface area contributed by atoms with Gasteiger partial charge in [-0.05, 0) is 57.5 Å². The van der Waals surface area contributed by atoms with Crippen LogP contribution in [0.15, 0.2) is 58.5 Å². The van der Waals surface area contributed by atoms with Crippen LogP contribution in [-0.4, -0.2) is 50.0 Å². The number of nitrogens with one attached hydrogen (secondary N) is 1. The Morgan fingerprint density at radius 2 is 1.62 bits per heavy atom. The lowest BCUT2D eigenvalue weighted by Gasteiger charge is -2.45. The second kappa shape index (κ2) is 11.6. The minimum Gasteiger partial charge on any atom is -0.466 e. The highest BCUT2D eigenvalue weighted by atomic mass is 35.5. The summed E-state index contributed by atoms with van der Waals surface area (Å²) in [5.74, 6) is -4.73. The first-order valence-corrected chi connectivity index (χ1v) is 13.7. The molecular formula is C26H31ClN2O7S. The van der Waals surface area contributed by atoms with E-state index >= 15 is 0 Å². The molecule has 11 heteroatoms. The van der Waals surface area contributed by atoms with Crippen LogP contribution in [0.25, 0.3) is 0 Å². The van der Waals surface area contributed by atoms with Crippen molar-refractivity contribution in [2.45, 2.75) is 50.5 Å². The normalized spacial score (nSPS) is 24.9. The van der Waals surface area contributed by atoms with Crippen molar-refractivity contribution in [2.75, 3.05) is 13.2 Å². The lowest BCUT2D eigenvalue weighted by Crippen LogP contribution is -2.55. The van der Waals surface area contributed by atoms with Crippen molar-refractivity contribution in [1.29, 1.82) is 0 Å². The molecule has 0 radical (unpaired) electrons. The van der Waals surface area contributed by atoms with Crippen LogP contribution in [0, 0.1) is 18.8 Å². The van der Waals surface area contributed by atoms with E-state index in [0.717, 1.165) is 5.56 Å². The van der Waals surface area contributed by atoms with Gasteiger partial charge in [0, 0.05) is 17.4 Å². The van der Waals surface area contributed by atoms with Crippen LogP contribution in [0.4, 0.5) is 0 Å². The number of hydrazone groups is 1. The van der Waals surface area contributed by atoms with E-state index in [-0.39, 0.29) is 30.2 Å². The lowest BCUT2D eigenvalue weighted by atomic mass is 9.61. The van der Waals surface area contributed by atoms with Crippen LogP contribution in [0.1, 0.15) is 44.2 Å². The highest BCUT2D eigenvalue weighted by Crippen LogP contribution is 2.47. The molecule has 0 heterocycles. The predicted molar refractivity (Wildman–Crippen MR) is 139 cm³/mol. The summed E-state index contributed by atoms with van der Waals surface area (Å²) < 4.78 is 36.4. The Morgan fingerprint density at radius 3 is 2.19 bits per heavy atom. The molecule has 1 saturated carbocycles. The van der Waals surface area contributed by atoms with E-state index in [4.69, 9.17) is 21.1 Å². The maximum absolute atomic E-state index is 13.3. The zero-order valence-corrected chi connectivity index (χ0v) is 22.7. The van der Waals surface area contributed by atoms with Gasteiger partial charge in [0.25, 0.3) is 10.0 Å². The molecule has 1 aliphatic carbocycles. The Morgan fingerprint density at radius 1 is 1.05 bits per heavy atom. The Hall–Kier alpha value is -2.95. The van der Waals surface area contributed by atoms with Crippen LogP contribution in [0.5, 0.6) is 0 Å². The molecule has 2 aromatic carbocycles. The Bertz CT molecular complexity index is 1260. The van der Waals surface area contributed by atoms with Gasteiger partial charge in [0.1, 0.15) is 5.92 Å². The fourth-order valence-electron chi connectivity index (χ4n) is 4.59. The minimum atomic E-state index is -4.08. The maximum atomic E-state index is 13.3. The first kappa shape index (κ1) is 28.6. The number of aryl methyl sites for hydroxylation is 1. The fraction of sp³-hybridized carbons (Fsp3) is 0.423. The van der Waals surface area contributed by atoms with Gasteiger partial charge in [-0.15, -0.1) is 0 Å². The van der Waals surface area contributed by atoms with E-state index in [2.05, 4.69) is 9.93 Å². The van der Waals surface area contributed by atoms with Gasteiger partial charge >= 0.3 is 11.9 Å². The molecule has 9 nitrogen and oxygen atoms in total. The van der Waals surface area contributed by atoms with Gasteiger partial charge in [-0.3, -0.25) is 9.59 Å². The summed E-state index contributed by atoms with van der Waals surface area (Å²) in [6.07, 6.45) is -0.277. The monoisotopic (exact) mass is 550 g/mol. The van der Waals surface area contributed by atoms with Crippen molar-refractivity contribution in [2.24, 2.45) is 16.9 Å².